The Kier molecular flexibility index (Phi) is 9.32. The summed E-state index contributed by atoms with van der Waals surface area (Å²) in [6.07, 6.45) is 0. The maximum absolute atomic E-state index is 13.9. The van der Waals surface area contributed by atoms with E-state index in [-0.39, 0.29) is 30.7 Å². The van der Waals surface area contributed by atoms with Crippen molar-refractivity contribution in [1.82, 2.24) is 20.7 Å². The molecule has 1 heterocycles. The highest BCUT2D eigenvalue weighted by Crippen LogP contribution is 2.29. The summed E-state index contributed by atoms with van der Waals surface area (Å²) in [7, 11) is 1.78. The summed E-state index contributed by atoms with van der Waals surface area (Å²) < 4.78 is 13.9. The van der Waals surface area contributed by atoms with Crippen molar-refractivity contribution >= 4 is 17.5 Å². The third-order valence-corrected chi connectivity index (χ3v) is 6.98. The number of nitrogens with zero attached hydrogens (tertiary/aromatic N) is 3. The molecule has 3 aromatic carbocycles. The first kappa shape index (κ1) is 28.3. The normalized spacial score (nSPS) is 12.9. The van der Waals surface area contributed by atoms with E-state index >= 15 is 0 Å². The fourth-order valence-corrected chi connectivity index (χ4v) is 4.77. The second-order valence-corrected chi connectivity index (χ2v) is 10.3. The van der Waals surface area contributed by atoms with Crippen LogP contribution < -0.4 is 15.5 Å². The fraction of sp³-hybridized carbons (Fsp3) is 0.355. The first-order valence-corrected chi connectivity index (χ1v) is 13.4. The van der Waals surface area contributed by atoms with E-state index in [4.69, 9.17) is 0 Å². The topological polar surface area (TPSA) is 67.9 Å². The zero-order valence-corrected chi connectivity index (χ0v) is 23.2. The molecule has 0 bridgehead atoms. The number of anilines is 1. The third-order valence-electron chi connectivity index (χ3n) is 6.98. The SMILES string of the molecule is Cc1ccc(-c2cccc(F)c2)cc1N(CC(=O)NCCNC(C)C)CC(=O)N(C)N1Cc2ccccc2C1. The maximum atomic E-state index is 13.9. The van der Waals surface area contributed by atoms with Gasteiger partial charge in [-0.25, -0.2) is 9.40 Å². The van der Waals surface area contributed by atoms with Gasteiger partial charge in [0.25, 0.3) is 5.91 Å². The second kappa shape index (κ2) is 12.9. The lowest BCUT2D eigenvalue weighted by molar-refractivity contribution is -0.145. The van der Waals surface area contributed by atoms with Crippen molar-refractivity contribution in [3.63, 3.8) is 0 Å². The first-order chi connectivity index (χ1) is 18.7. The van der Waals surface area contributed by atoms with Crippen LogP contribution in [0.4, 0.5) is 10.1 Å². The minimum Gasteiger partial charge on any atom is -0.353 e. The van der Waals surface area contributed by atoms with E-state index in [1.165, 1.54) is 23.3 Å². The molecule has 0 fully saturated rings. The Morgan fingerprint density at radius 1 is 0.923 bits per heavy atom. The Morgan fingerprint density at radius 2 is 1.62 bits per heavy atom. The van der Waals surface area contributed by atoms with Crippen molar-refractivity contribution in [2.45, 2.75) is 39.9 Å². The predicted molar refractivity (Wildman–Crippen MR) is 153 cm³/mol. The quantitative estimate of drug-likeness (QED) is 0.365. The highest BCUT2D eigenvalue weighted by molar-refractivity contribution is 5.87. The lowest BCUT2D eigenvalue weighted by Gasteiger charge is -2.32. The molecule has 8 heteroatoms. The number of aryl methyl sites for hydroxylation is 1. The molecule has 2 amide bonds. The highest BCUT2D eigenvalue weighted by Gasteiger charge is 2.27. The molecule has 0 radical (unpaired) electrons. The smallest absolute Gasteiger partial charge is 0.256 e. The number of benzene rings is 3. The van der Waals surface area contributed by atoms with E-state index in [1.54, 1.807) is 18.1 Å². The molecule has 3 aromatic rings. The molecule has 4 rings (SSSR count). The standard InChI is InChI=1S/C31H38FN5O2/c1-22(2)33-14-15-34-30(38)20-36(21-31(39)35(4)37-18-26-8-5-6-9-27(26)19-37)29-17-25(13-12-23(29)3)24-10-7-11-28(32)16-24/h5-13,16-17,22,33H,14-15,18-21H2,1-4H3,(H,34,38). The summed E-state index contributed by atoms with van der Waals surface area (Å²) in [5, 5.41) is 9.91. The van der Waals surface area contributed by atoms with Crippen LogP contribution in [-0.4, -0.2) is 61.1 Å². The Balaban J connectivity index is 1.54. The lowest BCUT2D eigenvalue weighted by atomic mass is 10.0. The molecule has 0 saturated heterocycles. The largest absolute Gasteiger partial charge is 0.353 e. The van der Waals surface area contributed by atoms with Gasteiger partial charge in [0, 0.05) is 45.0 Å². The van der Waals surface area contributed by atoms with Crippen LogP contribution in [-0.2, 0) is 22.7 Å². The Labute approximate surface area is 230 Å². The monoisotopic (exact) mass is 531 g/mol. The van der Waals surface area contributed by atoms with E-state index in [9.17, 15) is 14.0 Å². The summed E-state index contributed by atoms with van der Waals surface area (Å²) in [4.78, 5) is 28.3. The van der Waals surface area contributed by atoms with Gasteiger partial charge in [-0.05, 0) is 52.9 Å². The zero-order chi connectivity index (χ0) is 27.9. The molecule has 2 N–H and O–H groups in total. The molecule has 0 unspecified atom stereocenters. The van der Waals surface area contributed by atoms with Crippen LogP contribution in [0.15, 0.2) is 66.7 Å². The predicted octanol–water partition coefficient (Wildman–Crippen LogP) is 4.11. The molecule has 206 valence electrons. The molecule has 0 atom stereocenters. The minimum atomic E-state index is -0.315. The zero-order valence-electron chi connectivity index (χ0n) is 23.2. The van der Waals surface area contributed by atoms with Gasteiger partial charge in [0.1, 0.15) is 5.82 Å². The number of carbonyl (C=O) groups excluding carboxylic acids is 2. The second-order valence-electron chi connectivity index (χ2n) is 10.3. The van der Waals surface area contributed by atoms with E-state index in [0.29, 0.717) is 32.2 Å². The first-order valence-electron chi connectivity index (χ1n) is 13.4. The molecule has 0 spiro atoms. The number of amides is 2. The number of hydrazine groups is 1. The number of rotatable bonds is 11. The molecule has 0 aliphatic carbocycles. The van der Waals surface area contributed by atoms with Crippen molar-refractivity contribution in [2.24, 2.45) is 0 Å². The Hall–Kier alpha value is -3.75. The van der Waals surface area contributed by atoms with Crippen molar-refractivity contribution in [1.29, 1.82) is 0 Å². The maximum Gasteiger partial charge on any atom is 0.256 e. The minimum absolute atomic E-state index is 0.0223. The van der Waals surface area contributed by atoms with Gasteiger partial charge in [-0.15, -0.1) is 0 Å². The molecule has 1 aliphatic rings. The van der Waals surface area contributed by atoms with Crippen LogP contribution in [0.1, 0.15) is 30.5 Å². The van der Waals surface area contributed by atoms with Crippen LogP contribution in [0.3, 0.4) is 0 Å². The van der Waals surface area contributed by atoms with Crippen LogP contribution in [0.2, 0.25) is 0 Å². The number of carbonyl (C=O) groups is 2. The fourth-order valence-electron chi connectivity index (χ4n) is 4.77. The molecule has 7 nitrogen and oxygen atoms in total. The van der Waals surface area contributed by atoms with E-state index in [2.05, 4.69) is 36.6 Å². The number of halogens is 1. The van der Waals surface area contributed by atoms with E-state index in [1.807, 2.05) is 53.2 Å². The van der Waals surface area contributed by atoms with Gasteiger partial charge >= 0.3 is 0 Å². The van der Waals surface area contributed by atoms with Crippen molar-refractivity contribution in [2.75, 3.05) is 38.1 Å². The van der Waals surface area contributed by atoms with Crippen LogP contribution >= 0.6 is 0 Å². The van der Waals surface area contributed by atoms with Gasteiger partial charge in [0.05, 0.1) is 13.1 Å². The third kappa shape index (κ3) is 7.43. The number of hydrogen-bond donors (Lipinski definition) is 2. The number of fused-ring (bicyclic) bond motifs is 1. The summed E-state index contributed by atoms with van der Waals surface area (Å²) in [6, 6.07) is 20.7. The van der Waals surface area contributed by atoms with Crippen molar-refractivity contribution < 1.29 is 14.0 Å². The van der Waals surface area contributed by atoms with Gasteiger partial charge in [-0.1, -0.05) is 62.4 Å². The molecular weight excluding hydrogens is 493 g/mol. The molecular formula is C31H38FN5O2. The van der Waals surface area contributed by atoms with E-state index in [0.717, 1.165) is 22.4 Å². The van der Waals surface area contributed by atoms with Gasteiger partial charge in [-0.2, -0.15) is 0 Å². The van der Waals surface area contributed by atoms with Crippen molar-refractivity contribution in [3.8, 4) is 11.1 Å². The van der Waals surface area contributed by atoms with Gasteiger partial charge in [-0.3, -0.25) is 14.6 Å². The Bertz CT molecular complexity index is 1290. The molecule has 1 aliphatic heterocycles. The summed E-state index contributed by atoms with van der Waals surface area (Å²) in [6.45, 7) is 8.59. The molecule has 0 aromatic heterocycles. The lowest BCUT2D eigenvalue weighted by Crippen LogP contribution is -2.48. The van der Waals surface area contributed by atoms with E-state index < -0.39 is 0 Å². The average Bonchev–Trinajstić information content (AvgIpc) is 3.35. The molecule has 39 heavy (non-hydrogen) atoms. The summed E-state index contributed by atoms with van der Waals surface area (Å²) in [5.74, 6) is -0.600. The number of nitrogens with one attached hydrogen (secondary N) is 2. The summed E-state index contributed by atoms with van der Waals surface area (Å²) >= 11 is 0. The summed E-state index contributed by atoms with van der Waals surface area (Å²) in [5.41, 5.74) is 5.66. The number of likely N-dealkylation sites (N-methyl/N-ethyl adjacent to an activating group) is 1. The van der Waals surface area contributed by atoms with Gasteiger partial charge < -0.3 is 15.5 Å². The highest BCUT2D eigenvalue weighted by atomic mass is 19.1. The van der Waals surface area contributed by atoms with Crippen LogP contribution in [0.5, 0.6) is 0 Å². The van der Waals surface area contributed by atoms with Crippen molar-refractivity contribution in [3.05, 3.63) is 89.2 Å². The van der Waals surface area contributed by atoms with Crippen LogP contribution in [0.25, 0.3) is 11.1 Å². The average molecular weight is 532 g/mol. The van der Waals surface area contributed by atoms with Crippen LogP contribution in [0, 0.1) is 12.7 Å². The molecule has 0 saturated carbocycles. The number of hydrogen-bond acceptors (Lipinski definition) is 5. The van der Waals surface area contributed by atoms with Gasteiger partial charge in [0.15, 0.2) is 0 Å². The Morgan fingerprint density at radius 3 is 2.28 bits per heavy atom. The van der Waals surface area contributed by atoms with Gasteiger partial charge in [0.2, 0.25) is 5.91 Å².